The molecule has 9 heteroatoms. The van der Waals surface area contributed by atoms with Crippen LogP contribution < -0.4 is 16.4 Å². The molecule has 0 radical (unpaired) electrons. The number of aryl methyl sites for hydroxylation is 2. The number of nitrogens with one attached hydrogen (secondary N) is 2. The SMILES string of the molecule is CCCCCNC(=O)C(c1ccc(C)cc1C)N(C(=O)C(CCC(N)=O)NC(=O)OC(C)(C)C)C(C)(C)C. The van der Waals surface area contributed by atoms with Crippen LogP contribution in [0.25, 0.3) is 0 Å². The Bertz CT molecular complexity index is 978. The first kappa shape index (κ1) is 32.9. The molecule has 1 aromatic carbocycles. The Hall–Kier alpha value is -3.10. The van der Waals surface area contributed by atoms with Crippen LogP contribution in [0.2, 0.25) is 0 Å². The van der Waals surface area contributed by atoms with E-state index in [1.54, 1.807) is 20.8 Å². The average molecular weight is 533 g/mol. The average Bonchev–Trinajstić information content (AvgIpc) is 2.75. The highest BCUT2D eigenvalue weighted by Crippen LogP contribution is 2.32. The van der Waals surface area contributed by atoms with Crippen molar-refractivity contribution >= 4 is 23.8 Å². The summed E-state index contributed by atoms with van der Waals surface area (Å²) in [7, 11) is 0. The third kappa shape index (κ3) is 10.7. The minimum atomic E-state index is -1.13. The van der Waals surface area contributed by atoms with Gasteiger partial charge in [0.05, 0.1) is 0 Å². The monoisotopic (exact) mass is 532 g/mol. The van der Waals surface area contributed by atoms with Crippen molar-refractivity contribution < 1.29 is 23.9 Å². The molecule has 4 amide bonds. The first-order valence-corrected chi connectivity index (χ1v) is 13.4. The van der Waals surface area contributed by atoms with Crippen LogP contribution in [-0.2, 0) is 19.1 Å². The quantitative estimate of drug-likeness (QED) is 0.343. The number of alkyl carbamates (subject to hydrolysis) is 1. The number of benzene rings is 1. The van der Waals surface area contributed by atoms with E-state index in [1.165, 1.54) is 4.90 Å². The lowest BCUT2D eigenvalue weighted by Gasteiger charge is -2.43. The minimum absolute atomic E-state index is 0.0301. The Labute approximate surface area is 228 Å². The molecule has 0 bridgehead atoms. The lowest BCUT2D eigenvalue weighted by atomic mass is 9.91. The van der Waals surface area contributed by atoms with Gasteiger partial charge in [0.1, 0.15) is 17.7 Å². The van der Waals surface area contributed by atoms with Crippen molar-refractivity contribution in [3.05, 3.63) is 34.9 Å². The molecule has 0 aliphatic heterocycles. The van der Waals surface area contributed by atoms with E-state index in [2.05, 4.69) is 17.6 Å². The van der Waals surface area contributed by atoms with E-state index in [-0.39, 0.29) is 18.7 Å². The molecule has 9 nitrogen and oxygen atoms in total. The van der Waals surface area contributed by atoms with E-state index in [1.807, 2.05) is 52.8 Å². The number of amides is 4. The van der Waals surface area contributed by atoms with E-state index >= 15 is 0 Å². The van der Waals surface area contributed by atoms with Gasteiger partial charge in [-0.25, -0.2) is 4.79 Å². The summed E-state index contributed by atoms with van der Waals surface area (Å²) in [5, 5.41) is 5.63. The molecule has 0 heterocycles. The van der Waals surface area contributed by atoms with E-state index in [0.717, 1.165) is 30.4 Å². The smallest absolute Gasteiger partial charge is 0.408 e. The second-order valence-electron chi connectivity index (χ2n) is 11.8. The summed E-state index contributed by atoms with van der Waals surface area (Å²) >= 11 is 0. The van der Waals surface area contributed by atoms with E-state index in [4.69, 9.17) is 10.5 Å². The topological polar surface area (TPSA) is 131 Å². The van der Waals surface area contributed by atoms with Crippen molar-refractivity contribution in [2.75, 3.05) is 6.54 Å². The Kier molecular flexibility index (Phi) is 12.3. The van der Waals surface area contributed by atoms with E-state index in [0.29, 0.717) is 12.1 Å². The van der Waals surface area contributed by atoms with Crippen LogP contribution >= 0.6 is 0 Å². The second-order valence-corrected chi connectivity index (χ2v) is 11.8. The molecular weight excluding hydrogens is 484 g/mol. The Balaban J connectivity index is 3.57. The van der Waals surface area contributed by atoms with Gasteiger partial charge in [0.25, 0.3) is 0 Å². The number of unbranched alkanes of at least 4 members (excludes halogenated alkanes) is 2. The Morgan fingerprint density at radius 1 is 1.03 bits per heavy atom. The molecule has 0 aliphatic carbocycles. The summed E-state index contributed by atoms with van der Waals surface area (Å²) in [5.41, 5.74) is 6.37. The number of ether oxygens (including phenoxy) is 1. The molecular formula is C29H48N4O5. The molecule has 2 unspecified atom stereocenters. The first-order valence-electron chi connectivity index (χ1n) is 13.4. The van der Waals surface area contributed by atoms with Gasteiger partial charge in [-0.15, -0.1) is 0 Å². The first-order chi connectivity index (χ1) is 17.5. The molecule has 0 spiro atoms. The number of hydrogen-bond acceptors (Lipinski definition) is 5. The molecule has 214 valence electrons. The van der Waals surface area contributed by atoms with Crippen LogP contribution in [0.3, 0.4) is 0 Å². The van der Waals surface area contributed by atoms with E-state index in [9.17, 15) is 19.2 Å². The van der Waals surface area contributed by atoms with Crippen molar-refractivity contribution in [2.24, 2.45) is 5.73 Å². The van der Waals surface area contributed by atoms with Gasteiger partial charge in [0, 0.05) is 18.5 Å². The maximum absolute atomic E-state index is 14.2. The van der Waals surface area contributed by atoms with Crippen LogP contribution in [0.4, 0.5) is 4.79 Å². The highest BCUT2D eigenvalue weighted by molar-refractivity contribution is 5.93. The lowest BCUT2D eigenvalue weighted by Crippen LogP contribution is -2.58. The van der Waals surface area contributed by atoms with Crippen molar-refractivity contribution in [2.45, 2.75) is 118 Å². The summed E-state index contributed by atoms with van der Waals surface area (Å²) in [6, 6.07) is 3.67. The van der Waals surface area contributed by atoms with E-state index < -0.39 is 41.1 Å². The Morgan fingerprint density at radius 2 is 1.66 bits per heavy atom. The van der Waals surface area contributed by atoms with Crippen molar-refractivity contribution in [3.63, 3.8) is 0 Å². The third-order valence-corrected chi connectivity index (χ3v) is 5.93. The number of primary amides is 1. The molecule has 0 fully saturated rings. The molecule has 2 atom stereocenters. The fourth-order valence-electron chi connectivity index (χ4n) is 4.22. The van der Waals surface area contributed by atoms with Gasteiger partial charge in [0.15, 0.2) is 0 Å². The number of nitrogens with zero attached hydrogens (tertiary/aromatic N) is 1. The maximum atomic E-state index is 14.2. The summed E-state index contributed by atoms with van der Waals surface area (Å²) in [6.07, 6.45) is 1.87. The minimum Gasteiger partial charge on any atom is -0.444 e. The number of carbonyl (C=O) groups excluding carboxylic acids is 4. The van der Waals surface area contributed by atoms with Crippen molar-refractivity contribution in [1.29, 1.82) is 0 Å². The number of nitrogens with two attached hydrogens (primary N) is 1. The normalized spacial score (nSPS) is 13.3. The number of hydrogen-bond donors (Lipinski definition) is 3. The standard InChI is InChI=1S/C29H48N4O5/c1-10-11-12-17-31-25(35)24(21-14-13-19(2)18-20(21)3)33(28(4,5)6)26(36)22(15-16-23(30)34)32-27(37)38-29(7,8)9/h13-14,18,22,24H,10-12,15-17H2,1-9H3,(H2,30,34)(H,31,35)(H,32,37). The Morgan fingerprint density at radius 3 is 2.16 bits per heavy atom. The molecule has 0 saturated carbocycles. The van der Waals surface area contributed by atoms with Gasteiger partial charge in [0.2, 0.25) is 17.7 Å². The third-order valence-electron chi connectivity index (χ3n) is 5.93. The molecule has 0 saturated heterocycles. The summed E-state index contributed by atoms with van der Waals surface area (Å²) in [6.45, 7) is 17.1. The predicted molar refractivity (Wildman–Crippen MR) is 149 cm³/mol. The van der Waals surface area contributed by atoms with Crippen molar-refractivity contribution in [3.8, 4) is 0 Å². The van der Waals surface area contributed by atoms with Gasteiger partial charge < -0.3 is 26.0 Å². The van der Waals surface area contributed by atoms with Gasteiger partial charge in [-0.2, -0.15) is 0 Å². The highest BCUT2D eigenvalue weighted by Gasteiger charge is 2.42. The molecule has 0 aromatic heterocycles. The van der Waals surface area contributed by atoms with Gasteiger partial charge in [-0.1, -0.05) is 43.5 Å². The van der Waals surface area contributed by atoms with Crippen LogP contribution in [0, 0.1) is 13.8 Å². The van der Waals surface area contributed by atoms with Crippen LogP contribution in [-0.4, -0.2) is 52.4 Å². The van der Waals surface area contributed by atoms with Crippen LogP contribution in [0.1, 0.15) is 103 Å². The number of rotatable bonds is 12. The van der Waals surface area contributed by atoms with Gasteiger partial charge in [-0.05, 0) is 79.4 Å². The molecule has 0 aliphatic rings. The molecule has 38 heavy (non-hydrogen) atoms. The zero-order valence-electron chi connectivity index (χ0n) is 24.7. The summed E-state index contributed by atoms with van der Waals surface area (Å²) in [4.78, 5) is 53.7. The van der Waals surface area contributed by atoms with Crippen molar-refractivity contribution in [1.82, 2.24) is 15.5 Å². The molecule has 1 rings (SSSR count). The zero-order valence-corrected chi connectivity index (χ0v) is 24.7. The molecule has 1 aromatic rings. The van der Waals surface area contributed by atoms with Crippen LogP contribution in [0.5, 0.6) is 0 Å². The fourth-order valence-corrected chi connectivity index (χ4v) is 4.22. The lowest BCUT2D eigenvalue weighted by molar-refractivity contribution is -0.148. The highest BCUT2D eigenvalue weighted by atomic mass is 16.6. The summed E-state index contributed by atoms with van der Waals surface area (Å²) < 4.78 is 5.38. The molecule has 4 N–H and O–H groups in total. The van der Waals surface area contributed by atoms with Crippen LogP contribution in [0.15, 0.2) is 18.2 Å². The zero-order chi connectivity index (χ0) is 29.3. The number of carbonyl (C=O) groups is 4. The van der Waals surface area contributed by atoms with Gasteiger partial charge >= 0.3 is 6.09 Å². The summed E-state index contributed by atoms with van der Waals surface area (Å²) in [5.74, 6) is -1.41. The predicted octanol–water partition coefficient (Wildman–Crippen LogP) is 4.44. The van der Waals surface area contributed by atoms with Gasteiger partial charge in [-0.3, -0.25) is 14.4 Å². The second kappa shape index (κ2) is 14.2. The fraction of sp³-hybridized carbons (Fsp3) is 0.655. The maximum Gasteiger partial charge on any atom is 0.408 e. The largest absolute Gasteiger partial charge is 0.444 e.